The molecule has 0 spiro atoms. The number of amides is 3. The molecule has 0 bridgehead atoms. The first-order valence-corrected chi connectivity index (χ1v) is 14.9. The Labute approximate surface area is 234 Å². The smallest absolute Gasteiger partial charge is 0.328 e. The maximum absolute atomic E-state index is 13.7. The number of esters is 1. The highest BCUT2D eigenvalue weighted by Crippen LogP contribution is 2.30. The number of carbonyl (C=O) groups is 4. The number of piperidine rings is 1. The number of hydrogen-bond acceptors (Lipinski definition) is 6. The third-order valence-electron chi connectivity index (χ3n) is 8.48. The third kappa shape index (κ3) is 8.05. The zero-order valence-corrected chi connectivity index (χ0v) is 25.1. The molecule has 3 aliphatic rings. The fourth-order valence-corrected chi connectivity index (χ4v) is 5.68. The van der Waals surface area contributed by atoms with Crippen LogP contribution < -0.4 is 5.32 Å². The minimum Gasteiger partial charge on any atom is -0.464 e. The average Bonchev–Trinajstić information content (AvgIpc) is 3.60. The zero-order chi connectivity index (χ0) is 28.9. The van der Waals surface area contributed by atoms with Gasteiger partial charge in [-0.3, -0.25) is 19.3 Å². The van der Waals surface area contributed by atoms with Crippen LogP contribution in [0.4, 0.5) is 0 Å². The van der Waals surface area contributed by atoms with Crippen LogP contribution in [0.1, 0.15) is 79.6 Å². The van der Waals surface area contributed by atoms with Crippen LogP contribution >= 0.6 is 0 Å². The Balaban J connectivity index is 1.70. The summed E-state index contributed by atoms with van der Waals surface area (Å²) in [5.74, 6) is -0.362. The van der Waals surface area contributed by atoms with E-state index in [0.717, 1.165) is 45.1 Å². The summed E-state index contributed by atoms with van der Waals surface area (Å²) in [6, 6.07) is -1.77. The Kier molecular flexibility index (Phi) is 11.0. The molecule has 9 nitrogen and oxygen atoms in total. The first kappa shape index (κ1) is 31.1. The summed E-state index contributed by atoms with van der Waals surface area (Å²) in [6.07, 6.45) is 8.29. The van der Waals surface area contributed by atoms with Crippen molar-refractivity contribution in [3.63, 3.8) is 0 Å². The van der Waals surface area contributed by atoms with Gasteiger partial charge in [0, 0.05) is 19.2 Å². The number of rotatable bonds is 11. The highest BCUT2D eigenvalue weighted by Gasteiger charge is 2.38. The van der Waals surface area contributed by atoms with E-state index >= 15 is 0 Å². The lowest BCUT2D eigenvalue weighted by Gasteiger charge is -2.36. The van der Waals surface area contributed by atoms with Crippen LogP contribution in [0.5, 0.6) is 0 Å². The normalized spacial score (nSPS) is 24.0. The zero-order valence-electron chi connectivity index (χ0n) is 25.1. The van der Waals surface area contributed by atoms with E-state index in [1.807, 2.05) is 40.8 Å². The van der Waals surface area contributed by atoms with Crippen LogP contribution in [0.25, 0.3) is 0 Å². The summed E-state index contributed by atoms with van der Waals surface area (Å²) < 4.78 is 5.49. The molecule has 3 amide bonds. The summed E-state index contributed by atoms with van der Waals surface area (Å²) >= 11 is 0. The minimum absolute atomic E-state index is 0.0348. The number of likely N-dealkylation sites (tertiary alicyclic amines) is 2. The van der Waals surface area contributed by atoms with Crippen molar-refractivity contribution in [1.29, 1.82) is 0 Å². The molecule has 3 fully saturated rings. The molecule has 0 aromatic carbocycles. The van der Waals surface area contributed by atoms with Crippen molar-refractivity contribution < 1.29 is 23.9 Å². The number of hydrogen-bond donors (Lipinski definition) is 1. The Morgan fingerprint density at radius 2 is 1.62 bits per heavy atom. The number of ether oxygens (including phenoxy) is 1. The van der Waals surface area contributed by atoms with Gasteiger partial charge in [-0.05, 0) is 76.8 Å². The minimum atomic E-state index is -0.660. The Morgan fingerprint density at radius 1 is 0.949 bits per heavy atom. The molecule has 1 saturated carbocycles. The summed E-state index contributed by atoms with van der Waals surface area (Å²) in [5.41, 5.74) is 0.504. The molecular weight excluding hydrogens is 496 g/mol. The van der Waals surface area contributed by atoms with Crippen LogP contribution in [-0.2, 0) is 23.9 Å². The Morgan fingerprint density at radius 3 is 2.21 bits per heavy atom. The third-order valence-corrected chi connectivity index (χ3v) is 8.48. The van der Waals surface area contributed by atoms with Gasteiger partial charge in [0.05, 0.1) is 18.7 Å². The van der Waals surface area contributed by atoms with E-state index in [1.54, 1.807) is 23.8 Å². The maximum Gasteiger partial charge on any atom is 0.328 e. The quantitative estimate of drug-likeness (QED) is 0.316. The van der Waals surface area contributed by atoms with Crippen LogP contribution in [0.15, 0.2) is 11.6 Å². The first-order valence-electron chi connectivity index (χ1n) is 14.9. The van der Waals surface area contributed by atoms with Crippen molar-refractivity contribution in [3.05, 3.63) is 11.6 Å². The lowest BCUT2D eigenvalue weighted by Crippen LogP contribution is -2.57. The van der Waals surface area contributed by atoms with Gasteiger partial charge in [-0.25, -0.2) is 4.79 Å². The average molecular weight is 547 g/mol. The molecule has 4 atom stereocenters. The van der Waals surface area contributed by atoms with Gasteiger partial charge in [0.15, 0.2) is 0 Å². The lowest BCUT2D eigenvalue weighted by atomic mass is 9.96. The monoisotopic (exact) mass is 546 g/mol. The number of nitrogens with one attached hydrogen (secondary N) is 1. The molecule has 39 heavy (non-hydrogen) atoms. The van der Waals surface area contributed by atoms with E-state index < -0.39 is 12.1 Å². The van der Waals surface area contributed by atoms with E-state index in [-0.39, 0.29) is 47.6 Å². The van der Waals surface area contributed by atoms with Gasteiger partial charge >= 0.3 is 5.97 Å². The molecule has 1 aliphatic carbocycles. The van der Waals surface area contributed by atoms with E-state index in [1.165, 1.54) is 0 Å². The summed E-state index contributed by atoms with van der Waals surface area (Å²) in [7, 11) is 3.70. The van der Waals surface area contributed by atoms with Gasteiger partial charge in [0.1, 0.15) is 12.1 Å². The van der Waals surface area contributed by atoms with Crippen LogP contribution in [0.2, 0.25) is 0 Å². The summed E-state index contributed by atoms with van der Waals surface area (Å²) in [5, 5.41) is 3.04. The van der Waals surface area contributed by atoms with Gasteiger partial charge < -0.3 is 19.9 Å². The Bertz CT molecular complexity index is 928. The van der Waals surface area contributed by atoms with E-state index in [4.69, 9.17) is 4.74 Å². The molecule has 2 saturated heterocycles. The SMILES string of the molecule is C/C(=C\[C@H](C(C)C)N(C)C(=O)C(NC(=O)[C@H]1CCCCN1C)C(C)C)C(=O)N1CCCC1C(=O)OCC1CC1. The molecular formula is C30H50N4O5. The molecule has 3 rings (SSSR count). The largest absolute Gasteiger partial charge is 0.464 e. The molecule has 2 unspecified atom stereocenters. The summed E-state index contributed by atoms with van der Waals surface area (Å²) in [4.78, 5) is 58.3. The second-order valence-electron chi connectivity index (χ2n) is 12.5. The van der Waals surface area contributed by atoms with Gasteiger partial charge in [0.2, 0.25) is 17.7 Å². The lowest BCUT2D eigenvalue weighted by molar-refractivity contribution is -0.152. The molecule has 9 heteroatoms. The van der Waals surface area contributed by atoms with E-state index in [9.17, 15) is 19.2 Å². The van der Waals surface area contributed by atoms with Crippen molar-refractivity contribution in [2.24, 2.45) is 17.8 Å². The molecule has 0 aromatic rings. The standard InChI is InChI=1S/C30H50N4O5/c1-19(2)25(17-21(5)28(36)34-16-10-12-24(34)30(38)39-18-22-13-14-22)33(7)29(37)26(20(3)4)31-27(35)23-11-8-9-15-32(23)6/h17,19-20,22-26H,8-16,18H2,1-7H3,(H,31,35)/b21-17+/t23-,24?,25-,26?/m1/s1. The molecule has 220 valence electrons. The molecule has 2 aliphatic heterocycles. The molecule has 0 radical (unpaired) electrons. The topological polar surface area (TPSA) is 99.3 Å². The van der Waals surface area contributed by atoms with Gasteiger partial charge in [0.25, 0.3) is 0 Å². The van der Waals surface area contributed by atoms with Gasteiger partial charge in [-0.2, -0.15) is 0 Å². The Hall–Kier alpha value is -2.42. The number of nitrogens with zero attached hydrogens (tertiary/aromatic N) is 3. The van der Waals surface area contributed by atoms with Crippen molar-refractivity contribution >= 4 is 23.7 Å². The van der Waals surface area contributed by atoms with Crippen molar-refractivity contribution in [2.45, 2.75) is 104 Å². The highest BCUT2D eigenvalue weighted by molar-refractivity contribution is 5.96. The van der Waals surface area contributed by atoms with Gasteiger partial charge in [-0.15, -0.1) is 0 Å². The number of likely N-dealkylation sites (N-methyl/N-ethyl adjacent to an activating group) is 2. The van der Waals surface area contributed by atoms with Crippen LogP contribution in [0, 0.1) is 17.8 Å². The van der Waals surface area contributed by atoms with Crippen molar-refractivity contribution in [2.75, 3.05) is 33.8 Å². The van der Waals surface area contributed by atoms with Crippen molar-refractivity contribution in [1.82, 2.24) is 20.0 Å². The first-order chi connectivity index (χ1) is 18.4. The molecule has 0 aromatic heterocycles. The van der Waals surface area contributed by atoms with Crippen LogP contribution in [0.3, 0.4) is 0 Å². The van der Waals surface area contributed by atoms with E-state index in [0.29, 0.717) is 31.1 Å². The fraction of sp³-hybridized carbons (Fsp3) is 0.800. The molecule has 1 N–H and O–H groups in total. The predicted octanol–water partition coefficient (Wildman–Crippen LogP) is 2.99. The molecule has 2 heterocycles. The highest BCUT2D eigenvalue weighted by atomic mass is 16.5. The second kappa shape index (κ2) is 13.8. The van der Waals surface area contributed by atoms with Crippen molar-refractivity contribution in [3.8, 4) is 0 Å². The maximum atomic E-state index is 13.7. The summed E-state index contributed by atoms with van der Waals surface area (Å²) in [6.45, 7) is 11.5. The number of carbonyl (C=O) groups excluding carboxylic acids is 4. The van der Waals surface area contributed by atoms with Crippen LogP contribution in [-0.4, -0.2) is 96.3 Å². The predicted molar refractivity (Wildman–Crippen MR) is 151 cm³/mol. The van der Waals surface area contributed by atoms with E-state index in [2.05, 4.69) is 10.2 Å². The fourth-order valence-electron chi connectivity index (χ4n) is 5.68. The second-order valence-corrected chi connectivity index (χ2v) is 12.5. The van der Waals surface area contributed by atoms with Gasteiger partial charge in [-0.1, -0.05) is 40.2 Å².